The first-order valence-corrected chi connectivity index (χ1v) is 5.98. The zero-order valence-corrected chi connectivity index (χ0v) is 10.5. The molecule has 2 saturated heterocycles. The van der Waals surface area contributed by atoms with Gasteiger partial charge in [-0.05, 0) is 13.3 Å². The number of nitrogens with one attached hydrogen (secondary N) is 1. The quantitative estimate of drug-likeness (QED) is 0.559. The van der Waals surface area contributed by atoms with E-state index in [1.807, 2.05) is 6.92 Å². The van der Waals surface area contributed by atoms with Crippen LogP contribution in [0.4, 0.5) is 4.79 Å². The Balaban J connectivity index is 2.23. The van der Waals surface area contributed by atoms with Gasteiger partial charge in [0.25, 0.3) is 0 Å². The summed E-state index contributed by atoms with van der Waals surface area (Å²) < 4.78 is 0. The Labute approximate surface area is 106 Å². The second-order valence-electron chi connectivity index (χ2n) is 4.73. The highest BCUT2D eigenvalue weighted by Crippen LogP contribution is 2.27. The van der Waals surface area contributed by atoms with Crippen LogP contribution in [0.3, 0.4) is 0 Å². The molecule has 6 heteroatoms. The van der Waals surface area contributed by atoms with E-state index in [4.69, 9.17) is 0 Å². The van der Waals surface area contributed by atoms with Crippen molar-refractivity contribution in [3.63, 3.8) is 0 Å². The van der Waals surface area contributed by atoms with E-state index in [0.717, 1.165) is 0 Å². The molecule has 0 radical (unpaired) electrons. The van der Waals surface area contributed by atoms with Crippen molar-refractivity contribution in [3.05, 3.63) is 12.7 Å². The molecule has 2 aliphatic heterocycles. The molecule has 0 bridgehead atoms. The van der Waals surface area contributed by atoms with Crippen molar-refractivity contribution in [1.29, 1.82) is 0 Å². The molecule has 1 N–H and O–H groups in total. The maximum atomic E-state index is 12.2. The molecule has 2 aliphatic rings. The number of urea groups is 1. The third-order valence-electron chi connectivity index (χ3n) is 3.69. The lowest BCUT2D eigenvalue weighted by molar-refractivity contribution is -0.137. The highest BCUT2D eigenvalue weighted by Gasteiger charge is 2.46. The van der Waals surface area contributed by atoms with Crippen LogP contribution < -0.4 is 5.32 Å². The van der Waals surface area contributed by atoms with Gasteiger partial charge in [0.15, 0.2) is 0 Å². The van der Waals surface area contributed by atoms with Crippen LogP contribution in [0.1, 0.15) is 19.8 Å². The fraction of sp³-hybridized carbons (Fsp3) is 0.583. The van der Waals surface area contributed by atoms with E-state index in [2.05, 4.69) is 11.9 Å². The fourth-order valence-electron chi connectivity index (χ4n) is 2.69. The Morgan fingerprint density at radius 3 is 2.56 bits per heavy atom. The number of amides is 4. The summed E-state index contributed by atoms with van der Waals surface area (Å²) >= 11 is 0. The highest BCUT2D eigenvalue weighted by molar-refractivity contribution is 6.01. The largest absolute Gasteiger partial charge is 0.321 e. The monoisotopic (exact) mass is 251 g/mol. The van der Waals surface area contributed by atoms with E-state index in [1.165, 1.54) is 0 Å². The van der Waals surface area contributed by atoms with Gasteiger partial charge in [0.05, 0.1) is 12.1 Å². The summed E-state index contributed by atoms with van der Waals surface area (Å²) in [4.78, 5) is 38.2. The number of piperidine rings is 1. The Kier molecular flexibility index (Phi) is 3.11. The van der Waals surface area contributed by atoms with E-state index in [9.17, 15) is 14.4 Å². The zero-order valence-electron chi connectivity index (χ0n) is 10.5. The van der Waals surface area contributed by atoms with Crippen molar-refractivity contribution in [2.24, 2.45) is 0 Å². The Morgan fingerprint density at radius 2 is 2.06 bits per heavy atom. The molecule has 0 aromatic rings. The van der Waals surface area contributed by atoms with Crippen LogP contribution in [-0.2, 0) is 9.59 Å². The first-order valence-electron chi connectivity index (χ1n) is 5.98. The Morgan fingerprint density at radius 1 is 1.39 bits per heavy atom. The molecular weight excluding hydrogens is 234 g/mol. The van der Waals surface area contributed by atoms with Gasteiger partial charge in [-0.1, -0.05) is 6.08 Å². The molecule has 2 rings (SSSR count). The summed E-state index contributed by atoms with van der Waals surface area (Å²) in [7, 11) is 1.69. The SMILES string of the molecule is C=CC1C(C)N(C2CCC(=O)NC2=O)C(=O)N1C. The van der Waals surface area contributed by atoms with Gasteiger partial charge in [-0.25, -0.2) is 4.79 Å². The van der Waals surface area contributed by atoms with Crippen LogP contribution in [0.2, 0.25) is 0 Å². The van der Waals surface area contributed by atoms with E-state index in [0.29, 0.717) is 6.42 Å². The van der Waals surface area contributed by atoms with Crippen LogP contribution in [0.25, 0.3) is 0 Å². The maximum absolute atomic E-state index is 12.2. The maximum Gasteiger partial charge on any atom is 0.321 e. The van der Waals surface area contributed by atoms with Gasteiger partial charge in [-0.15, -0.1) is 6.58 Å². The molecule has 0 saturated carbocycles. The van der Waals surface area contributed by atoms with E-state index < -0.39 is 6.04 Å². The van der Waals surface area contributed by atoms with Crippen LogP contribution in [-0.4, -0.2) is 52.8 Å². The second-order valence-corrected chi connectivity index (χ2v) is 4.73. The summed E-state index contributed by atoms with van der Waals surface area (Å²) in [6.07, 6.45) is 2.36. The fourth-order valence-corrected chi connectivity index (χ4v) is 2.69. The molecule has 0 aromatic carbocycles. The molecule has 4 amide bonds. The predicted molar refractivity (Wildman–Crippen MR) is 64.6 cm³/mol. The number of hydrogen-bond acceptors (Lipinski definition) is 3. The summed E-state index contributed by atoms with van der Waals surface area (Å²) in [5.41, 5.74) is 0. The minimum absolute atomic E-state index is 0.108. The van der Waals surface area contributed by atoms with Gasteiger partial charge in [0, 0.05) is 13.5 Å². The number of carbonyl (C=O) groups is 3. The molecule has 3 unspecified atom stereocenters. The van der Waals surface area contributed by atoms with Crippen molar-refractivity contribution in [3.8, 4) is 0 Å². The van der Waals surface area contributed by atoms with Crippen molar-refractivity contribution in [1.82, 2.24) is 15.1 Å². The number of rotatable bonds is 2. The third kappa shape index (κ3) is 1.77. The Hall–Kier alpha value is -1.85. The van der Waals surface area contributed by atoms with Gasteiger partial charge < -0.3 is 9.80 Å². The number of likely N-dealkylation sites (N-methyl/N-ethyl adjacent to an activating group) is 1. The van der Waals surface area contributed by atoms with Crippen LogP contribution >= 0.6 is 0 Å². The van der Waals surface area contributed by atoms with Gasteiger partial charge >= 0.3 is 6.03 Å². The third-order valence-corrected chi connectivity index (χ3v) is 3.69. The van der Waals surface area contributed by atoms with Crippen LogP contribution in [0.15, 0.2) is 12.7 Å². The molecule has 2 fully saturated rings. The van der Waals surface area contributed by atoms with Crippen molar-refractivity contribution in [2.45, 2.75) is 37.9 Å². The number of nitrogens with zero attached hydrogens (tertiary/aromatic N) is 2. The van der Waals surface area contributed by atoms with E-state index >= 15 is 0 Å². The molecule has 0 spiro atoms. The average molecular weight is 251 g/mol. The summed E-state index contributed by atoms with van der Waals surface area (Å²) in [5.74, 6) is -0.659. The predicted octanol–water partition coefficient (Wildman–Crippen LogP) is 0.102. The standard InChI is InChI=1S/C12H17N3O3/c1-4-8-7(2)15(12(18)14(8)3)9-5-6-10(16)13-11(9)17/h4,7-9H,1,5-6H2,2-3H3,(H,13,16,17). The van der Waals surface area contributed by atoms with Crippen molar-refractivity contribution >= 4 is 17.8 Å². The van der Waals surface area contributed by atoms with Crippen LogP contribution in [0.5, 0.6) is 0 Å². The molecule has 6 nitrogen and oxygen atoms in total. The molecule has 98 valence electrons. The molecule has 0 aromatic heterocycles. The molecule has 18 heavy (non-hydrogen) atoms. The molecule has 0 aliphatic carbocycles. The number of carbonyl (C=O) groups excluding carboxylic acids is 3. The van der Waals surface area contributed by atoms with Crippen molar-refractivity contribution < 1.29 is 14.4 Å². The Bertz CT molecular complexity index is 421. The van der Waals surface area contributed by atoms with Gasteiger partial charge in [-0.3, -0.25) is 14.9 Å². The first kappa shape index (κ1) is 12.6. The second kappa shape index (κ2) is 4.44. The van der Waals surface area contributed by atoms with Crippen molar-refractivity contribution in [2.75, 3.05) is 7.05 Å². The first-order chi connectivity index (χ1) is 8.47. The average Bonchev–Trinajstić information content (AvgIpc) is 2.52. The lowest BCUT2D eigenvalue weighted by atomic mass is 10.0. The number of imide groups is 1. The lowest BCUT2D eigenvalue weighted by Crippen LogP contribution is -2.55. The molecule has 2 heterocycles. The summed E-state index contributed by atoms with van der Waals surface area (Å²) in [6, 6.07) is -0.980. The minimum atomic E-state index is -0.558. The summed E-state index contributed by atoms with van der Waals surface area (Å²) in [6.45, 7) is 5.60. The molecule has 3 atom stereocenters. The molecular formula is C12H17N3O3. The van der Waals surface area contributed by atoms with Gasteiger partial charge in [0.2, 0.25) is 11.8 Å². The normalized spacial score (nSPS) is 32.8. The number of hydrogen-bond donors (Lipinski definition) is 1. The summed E-state index contributed by atoms with van der Waals surface area (Å²) in [5, 5.41) is 2.28. The van der Waals surface area contributed by atoms with Gasteiger partial charge in [-0.2, -0.15) is 0 Å². The zero-order chi connectivity index (χ0) is 13.4. The highest BCUT2D eigenvalue weighted by atomic mass is 16.2. The smallest absolute Gasteiger partial charge is 0.319 e. The lowest BCUT2D eigenvalue weighted by Gasteiger charge is -2.32. The van der Waals surface area contributed by atoms with E-state index in [1.54, 1.807) is 22.9 Å². The topological polar surface area (TPSA) is 69.7 Å². The van der Waals surface area contributed by atoms with Crippen LogP contribution in [0, 0.1) is 0 Å². The minimum Gasteiger partial charge on any atom is -0.319 e. The van der Waals surface area contributed by atoms with E-state index in [-0.39, 0.29) is 36.3 Å². The van der Waals surface area contributed by atoms with Gasteiger partial charge in [0.1, 0.15) is 6.04 Å².